The smallest absolute Gasteiger partial charge is 0.326 e. The van der Waals surface area contributed by atoms with Gasteiger partial charge in [0.15, 0.2) is 0 Å². The molecule has 0 saturated heterocycles. The van der Waals surface area contributed by atoms with Crippen molar-refractivity contribution in [3.05, 3.63) is 71.9 Å². The van der Waals surface area contributed by atoms with Crippen LogP contribution in [0.15, 0.2) is 60.8 Å². The van der Waals surface area contributed by atoms with E-state index in [1.165, 1.54) is 0 Å². The Morgan fingerprint density at radius 1 is 0.805 bits per heavy atom. The number of para-hydroxylation sites is 1. The van der Waals surface area contributed by atoms with E-state index >= 15 is 0 Å². The third kappa shape index (κ3) is 9.08. The molecular weight excluding hydrogens is 550 g/mol. The number of fused-ring (bicyclic) bond motifs is 1. The number of carbonyl (C=O) groups excluding carboxylic acids is 3. The Morgan fingerprint density at radius 2 is 1.39 bits per heavy atom. The number of thiol groups is 1. The summed E-state index contributed by atoms with van der Waals surface area (Å²) in [5, 5.41) is 26.9. The molecule has 0 spiro atoms. The number of carboxylic acid groups (broad SMARTS) is 2. The Kier molecular flexibility index (Phi) is 11.3. The summed E-state index contributed by atoms with van der Waals surface area (Å²) in [6.07, 6.45) is 0.981. The van der Waals surface area contributed by atoms with Gasteiger partial charge in [0.2, 0.25) is 17.7 Å². The standard InChI is InChI=1S/C28H33N5O7S/c29-19(15-41)25(36)32-23(13-17-14-30-20-9-5-4-8-18(17)20)27(38)33-22(12-16-6-2-1-3-7-16)26(37)31-21(28(39)40)10-11-24(34)35/h1-9,14,19,21-23,30,41H,10-13,15,29H2,(H,31,37)(H,32,36)(H,33,38)(H,34,35)(H,39,40). The van der Waals surface area contributed by atoms with Gasteiger partial charge in [-0.2, -0.15) is 12.6 Å². The lowest BCUT2D eigenvalue weighted by atomic mass is 10.0. The van der Waals surface area contributed by atoms with Crippen LogP contribution in [0.3, 0.4) is 0 Å². The van der Waals surface area contributed by atoms with Crippen molar-refractivity contribution in [3.63, 3.8) is 0 Å². The van der Waals surface area contributed by atoms with Gasteiger partial charge in [-0.25, -0.2) is 4.79 Å². The molecule has 1 aromatic heterocycles. The van der Waals surface area contributed by atoms with Gasteiger partial charge in [0.1, 0.15) is 18.1 Å². The van der Waals surface area contributed by atoms with Gasteiger partial charge < -0.3 is 36.9 Å². The number of aromatic amines is 1. The summed E-state index contributed by atoms with van der Waals surface area (Å²) in [6.45, 7) is 0. The van der Waals surface area contributed by atoms with Crippen LogP contribution in [-0.2, 0) is 36.8 Å². The van der Waals surface area contributed by atoms with Crippen molar-refractivity contribution < 1.29 is 34.2 Å². The SMILES string of the molecule is NC(CS)C(=O)NC(Cc1c[nH]c2ccccc12)C(=O)NC(Cc1ccccc1)C(=O)NC(CCC(=O)O)C(=O)O. The van der Waals surface area contributed by atoms with Crippen molar-refractivity contribution in [2.24, 2.45) is 5.73 Å². The molecule has 0 saturated carbocycles. The molecule has 0 aliphatic rings. The maximum absolute atomic E-state index is 13.6. The van der Waals surface area contributed by atoms with Crippen molar-refractivity contribution in [2.75, 3.05) is 5.75 Å². The maximum Gasteiger partial charge on any atom is 0.326 e. The summed E-state index contributed by atoms with van der Waals surface area (Å²) in [7, 11) is 0. The zero-order valence-electron chi connectivity index (χ0n) is 22.1. The third-order valence-electron chi connectivity index (χ3n) is 6.44. The van der Waals surface area contributed by atoms with Crippen LogP contribution in [0.25, 0.3) is 10.9 Å². The molecule has 2 aromatic carbocycles. The molecule has 3 aromatic rings. The van der Waals surface area contributed by atoms with E-state index in [2.05, 4.69) is 33.6 Å². The Balaban J connectivity index is 1.87. The fraction of sp³-hybridized carbons (Fsp3) is 0.321. The Labute approximate surface area is 241 Å². The number of aliphatic carboxylic acids is 2. The Morgan fingerprint density at radius 3 is 2.02 bits per heavy atom. The van der Waals surface area contributed by atoms with Gasteiger partial charge in [-0.1, -0.05) is 48.5 Å². The second-order valence-corrected chi connectivity index (χ2v) is 9.86. The highest BCUT2D eigenvalue weighted by Gasteiger charge is 2.31. The number of nitrogens with one attached hydrogen (secondary N) is 4. The second kappa shape index (κ2) is 14.9. The van der Waals surface area contributed by atoms with Gasteiger partial charge in [-0.15, -0.1) is 0 Å². The molecule has 4 atom stereocenters. The molecule has 13 heteroatoms. The van der Waals surface area contributed by atoms with Crippen molar-refractivity contribution in [1.29, 1.82) is 0 Å². The Bertz CT molecular complexity index is 1380. The number of amides is 3. The molecule has 0 bridgehead atoms. The lowest BCUT2D eigenvalue weighted by Crippen LogP contribution is -2.58. The molecule has 0 aliphatic heterocycles. The number of carbonyl (C=O) groups is 5. The average molecular weight is 584 g/mol. The van der Waals surface area contributed by atoms with Crippen LogP contribution < -0.4 is 21.7 Å². The molecule has 3 rings (SSSR count). The predicted molar refractivity (Wildman–Crippen MR) is 154 cm³/mol. The van der Waals surface area contributed by atoms with E-state index in [0.717, 1.165) is 16.5 Å². The van der Waals surface area contributed by atoms with Crippen LogP contribution in [-0.4, -0.2) is 74.8 Å². The molecule has 3 amide bonds. The highest BCUT2D eigenvalue weighted by molar-refractivity contribution is 7.80. The van der Waals surface area contributed by atoms with Crippen LogP contribution in [0.1, 0.15) is 24.0 Å². The minimum absolute atomic E-state index is 0.00753. The highest BCUT2D eigenvalue weighted by Crippen LogP contribution is 2.19. The van der Waals surface area contributed by atoms with Crippen LogP contribution in [0.4, 0.5) is 0 Å². The number of aromatic nitrogens is 1. The largest absolute Gasteiger partial charge is 0.481 e. The number of hydrogen-bond acceptors (Lipinski definition) is 7. The first kappa shape index (κ1) is 31.2. The van der Waals surface area contributed by atoms with Crippen LogP contribution >= 0.6 is 12.6 Å². The lowest BCUT2D eigenvalue weighted by molar-refractivity contribution is -0.143. The van der Waals surface area contributed by atoms with E-state index in [1.54, 1.807) is 36.5 Å². The zero-order valence-corrected chi connectivity index (χ0v) is 23.0. The second-order valence-electron chi connectivity index (χ2n) is 9.50. The molecule has 4 unspecified atom stereocenters. The van der Waals surface area contributed by atoms with Gasteiger partial charge in [0.05, 0.1) is 6.04 Å². The number of benzene rings is 2. The van der Waals surface area contributed by atoms with Crippen LogP contribution in [0, 0.1) is 0 Å². The fourth-order valence-electron chi connectivity index (χ4n) is 4.22. The minimum Gasteiger partial charge on any atom is -0.481 e. The van der Waals surface area contributed by atoms with E-state index < -0.39 is 60.2 Å². The van der Waals surface area contributed by atoms with Gasteiger partial charge in [-0.05, 0) is 23.6 Å². The van der Waals surface area contributed by atoms with Gasteiger partial charge >= 0.3 is 11.9 Å². The first-order valence-electron chi connectivity index (χ1n) is 12.9. The van der Waals surface area contributed by atoms with Crippen molar-refractivity contribution >= 4 is 53.2 Å². The molecule has 1 heterocycles. The summed E-state index contributed by atoms with van der Waals surface area (Å²) in [5.74, 6) is -4.69. The Hall–Kier alpha value is -4.36. The summed E-state index contributed by atoms with van der Waals surface area (Å²) in [4.78, 5) is 65.3. The monoisotopic (exact) mass is 583 g/mol. The number of carboxylic acids is 2. The van der Waals surface area contributed by atoms with Crippen molar-refractivity contribution in [1.82, 2.24) is 20.9 Å². The predicted octanol–water partition coefficient (Wildman–Crippen LogP) is 0.614. The number of H-pyrrole nitrogens is 1. The van der Waals surface area contributed by atoms with Gasteiger partial charge in [0.25, 0.3) is 0 Å². The molecule has 0 aliphatic carbocycles. The fourth-order valence-corrected chi connectivity index (χ4v) is 4.39. The summed E-state index contributed by atoms with van der Waals surface area (Å²) in [6, 6.07) is 11.3. The van der Waals surface area contributed by atoms with Crippen LogP contribution in [0.2, 0.25) is 0 Å². The van der Waals surface area contributed by atoms with Crippen molar-refractivity contribution in [2.45, 2.75) is 49.9 Å². The molecule has 0 fully saturated rings. The lowest BCUT2D eigenvalue weighted by Gasteiger charge is -2.25. The quantitative estimate of drug-likeness (QED) is 0.119. The third-order valence-corrected chi connectivity index (χ3v) is 6.84. The summed E-state index contributed by atoms with van der Waals surface area (Å²) < 4.78 is 0. The summed E-state index contributed by atoms with van der Waals surface area (Å²) in [5.41, 5.74) is 8.08. The normalized spacial score (nSPS) is 13.9. The van der Waals surface area contributed by atoms with Crippen molar-refractivity contribution in [3.8, 4) is 0 Å². The molecule has 12 nitrogen and oxygen atoms in total. The van der Waals surface area contributed by atoms with E-state index in [9.17, 15) is 29.1 Å². The molecule has 218 valence electrons. The zero-order chi connectivity index (χ0) is 29.9. The number of hydrogen-bond donors (Lipinski definition) is 8. The first-order chi connectivity index (χ1) is 19.6. The first-order valence-corrected chi connectivity index (χ1v) is 13.5. The molecule has 0 radical (unpaired) electrons. The van der Waals surface area contributed by atoms with E-state index in [1.807, 2.05) is 24.3 Å². The maximum atomic E-state index is 13.6. The van der Waals surface area contributed by atoms with Gasteiger partial charge in [0, 0.05) is 42.1 Å². The van der Waals surface area contributed by atoms with E-state index in [0.29, 0.717) is 5.56 Å². The number of rotatable bonds is 15. The van der Waals surface area contributed by atoms with E-state index in [4.69, 9.17) is 10.8 Å². The molecular formula is C28H33N5O7S. The number of nitrogens with two attached hydrogens (primary N) is 1. The highest BCUT2D eigenvalue weighted by atomic mass is 32.1. The van der Waals surface area contributed by atoms with Gasteiger partial charge in [-0.3, -0.25) is 19.2 Å². The van der Waals surface area contributed by atoms with E-state index in [-0.39, 0.29) is 25.0 Å². The molecule has 8 N–H and O–H groups in total. The topological polar surface area (TPSA) is 204 Å². The molecule has 41 heavy (non-hydrogen) atoms. The average Bonchev–Trinajstić information content (AvgIpc) is 3.36. The minimum atomic E-state index is -1.48. The summed E-state index contributed by atoms with van der Waals surface area (Å²) >= 11 is 4.05. The van der Waals surface area contributed by atoms with Crippen LogP contribution in [0.5, 0.6) is 0 Å².